The zero-order valence-corrected chi connectivity index (χ0v) is 10.6. The number of phenols is 1. The summed E-state index contributed by atoms with van der Waals surface area (Å²) >= 11 is 6.25. The Labute approximate surface area is 110 Å². The largest absolute Gasteiger partial charge is 0.508 e. The van der Waals surface area contributed by atoms with Gasteiger partial charge >= 0.3 is 0 Å². The fraction of sp³-hybridized carbons (Fsp3) is 0.0667. The molecular weight excluding hydrogens is 246 g/mol. The Kier molecular flexibility index (Phi) is 2.53. The van der Waals surface area contributed by atoms with Gasteiger partial charge in [-0.2, -0.15) is 0 Å². The number of rotatable bonds is 1. The first kappa shape index (κ1) is 11.2. The molecule has 0 aliphatic rings. The van der Waals surface area contributed by atoms with Crippen molar-refractivity contribution in [3.8, 4) is 16.9 Å². The Morgan fingerprint density at radius 2 is 1.89 bits per heavy atom. The topological polar surface area (TPSA) is 36.0 Å². The second-order valence-corrected chi connectivity index (χ2v) is 4.74. The molecule has 2 nitrogen and oxygen atoms in total. The lowest BCUT2D eigenvalue weighted by molar-refractivity contribution is 0.476. The van der Waals surface area contributed by atoms with Crippen molar-refractivity contribution in [3.63, 3.8) is 0 Å². The molecule has 0 unspecified atom stereocenters. The van der Waals surface area contributed by atoms with Gasteiger partial charge in [-0.3, -0.25) is 0 Å². The summed E-state index contributed by atoms with van der Waals surface area (Å²) < 4.78 is 0. The number of H-pyrrole nitrogens is 1. The van der Waals surface area contributed by atoms with Crippen LogP contribution in [0.15, 0.2) is 42.5 Å². The zero-order valence-electron chi connectivity index (χ0n) is 9.87. The van der Waals surface area contributed by atoms with Crippen LogP contribution in [0.2, 0.25) is 5.02 Å². The number of aromatic hydroxyl groups is 1. The van der Waals surface area contributed by atoms with E-state index in [1.807, 2.05) is 37.3 Å². The molecule has 0 radical (unpaired) electrons. The van der Waals surface area contributed by atoms with Crippen molar-refractivity contribution < 1.29 is 5.11 Å². The molecule has 0 atom stereocenters. The monoisotopic (exact) mass is 257 g/mol. The highest BCUT2D eigenvalue weighted by molar-refractivity contribution is 6.33. The summed E-state index contributed by atoms with van der Waals surface area (Å²) in [5, 5.41) is 11.3. The average Bonchev–Trinajstić information content (AvgIpc) is 2.66. The van der Waals surface area contributed by atoms with Crippen molar-refractivity contribution >= 4 is 22.5 Å². The minimum Gasteiger partial charge on any atom is -0.508 e. The summed E-state index contributed by atoms with van der Waals surface area (Å²) in [6.45, 7) is 2.01. The van der Waals surface area contributed by atoms with Crippen molar-refractivity contribution in [3.05, 3.63) is 53.2 Å². The van der Waals surface area contributed by atoms with Gasteiger partial charge in [-0.25, -0.2) is 0 Å². The second-order valence-electron chi connectivity index (χ2n) is 4.33. The van der Waals surface area contributed by atoms with Crippen LogP contribution in [0.25, 0.3) is 22.0 Å². The Morgan fingerprint density at radius 1 is 1.11 bits per heavy atom. The fourth-order valence-corrected chi connectivity index (χ4v) is 2.56. The number of hydrogen-bond acceptors (Lipinski definition) is 1. The van der Waals surface area contributed by atoms with Gasteiger partial charge in [-0.1, -0.05) is 29.8 Å². The minimum atomic E-state index is 0.259. The Balaban J connectivity index is 2.38. The highest BCUT2D eigenvalue weighted by atomic mass is 35.5. The molecule has 0 bridgehead atoms. The van der Waals surface area contributed by atoms with E-state index in [1.165, 1.54) is 0 Å². The molecule has 0 amide bonds. The molecule has 0 fully saturated rings. The lowest BCUT2D eigenvalue weighted by atomic mass is 10.0. The van der Waals surface area contributed by atoms with Gasteiger partial charge in [0, 0.05) is 32.7 Å². The summed E-state index contributed by atoms with van der Waals surface area (Å²) in [6, 6.07) is 13.0. The van der Waals surface area contributed by atoms with Gasteiger partial charge in [0.1, 0.15) is 5.75 Å². The fourth-order valence-electron chi connectivity index (χ4n) is 2.33. The molecule has 3 rings (SSSR count). The first-order valence-corrected chi connectivity index (χ1v) is 6.11. The Bertz CT molecular complexity index is 730. The molecule has 0 saturated heterocycles. The average molecular weight is 258 g/mol. The molecule has 2 aromatic carbocycles. The number of benzene rings is 2. The van der Waals surface area contributed by atoms with E-state index in [0.29, 0.717) is 5.02 Å². The van der Waals surface area contributed by atoms with Gasteiger partial charge in [-0.05, 0) is 31.2 Å². The van der Waals surface area contributed by atoms with Crippen LogP contribution in [-0.4, -0.2) is 10.1 Å². The van der Waals surface area contributed by atoms with Crippen molar-refractivity contribution in [1.29, 1.82) is 0 Å². The predicted molar refractivity (Wildman–Crippen MR) is 75.1 cm³/mol. The van der Waals surface area contributed by atoms with E-state index in [0.717, 1.165) is 27.7 Å². The maximum absolute atomic E-state index is 9.63. The summed E-state index contributed by atoms with van der Waals surface area (Å²) in [7, 11) is 0. The third-order valence-electron chi connectivity index (χ3n) is 3.11. The van der Waals surface area contributed by atoms with Crippen LogP contribution in [0.4, 0.5) is 0 Å². The second kappa shape index (κ2) is 4.07. The molecule has 3 heteroatoms. The van der Waals surface area contributed by atoms with Crippen LogP contribution in [0, 0.1) is 6.92 Å². The molecule has 0 aliphatic heterocycles. The molecule has 3 aromatic rings. The maximum Gasteiger partial charge on any atom is 0.116 e. The molecule has 0 aliphatic carbocycles. The van der Waals surface area contributed by atoms with Gasteiger partial charge in [0.15, 0.2) is 0 Å². The van der Waals surface area contributed by atoms with Crippen LogP contribution in [0.5, 0.6) is 5.75 Å². The summed E-state index contributed by atoms with van der Waals surface area (Å²) in [6.07, 6.45) is 0. The molecule has 0 saturated carbocycles. The van der Waals surface area contributed by atoms with E-state index in [1.54, 1.807) is 12.1 Å². The van der Waals surface area contributed by atoms with Crippen LogP contribution < -0.4 is 0 Å². The quantitative estimate of drug-likeness (QED) is 0.661. The maximum atomic E-state index is 9.63. The van der Waals surface area contributed by atoms with E-state index >= 15 is 0 Å². The summed E-state index contributed by atoms with van der Waals surface area (Å²) in [4.78, 5) is 3.31. The lowest BCUT2D eigenvalue weighted by Crippen LogP contribution is -1.80. The predicted octanol–water partition coefficient (Wildman–Crippen LogP) is 4.50. The summed E-state index contributed by atoms with van der Waals surface area (Å²) in [5.41, 5.74) is 4.07. The van der Waals surface area contributed by atoms with Crippen LogP contribution in [0.3, 0.4) is 0 Å². The number of fused-ring (bicyclic) bond motifs is 1. The number of aromatic amines is 1. The van der Waals surface area contributed by atoms with Crippen molar-refractivity contribution in [2.45, 2.75) is 6.92 Å². The third kappa shape index (κ3) is 1.66. The van der Waals surface area contributed by atoms with Crippen molar-refractivity contribution in [1.82, 2.24) is 4.98 Å². The number of hydrogen-bond donors (Lipinski definition) is 2. The van der Waals surface area contributed by atoms with E-state index in [4.69, 9.17) is 11.6 Å². The van der Waals surface area contributed by atoms with Crippen LogP contribution in [-0.2, 0) is 0 Å². The molecule has 0 spiro atoms. The van der Waals surface area contributed by atoms with Crippen LogP contribution >= 0.6 is 11.6 Å². The number of nitrogens with one attached hydrogen (secondary N) is 1. The standard InChI is InChI=1S/C15H12ClNO/c1-9-15(11-4-2-3-5-13(11)16)12-8-10(18)6-7-14(12)17-9/h2-8,17-18H,1H3. The molecule has 2 N–H and O–H groups in total. The number of aryl methyl sites for hydroxylation is 1. The third-order valence-corrected chi connectivity index (χ3v) is 3.44. The van der Waals surface area contributed by atoms with Crippen molar-refractivity contribution in [2.75, 3.05) is 0 Å². The molecule has 1 aromatic heterocycles. The van der Waals surface area contributed by atoms with E-state index in [-0.39, 0.29) is 5.75 Å². The SMILES string of the molecule is Cc1[nH]c2ccc(O)cc2c1-c1ccccc1Cl. The molecular formula is C15H12ClNO. The van der Waals surface area contributed by atoms with E-state index in [2.05, 4.69) is 4.98 Å². The van der Waals surface area contributed by atoms with E-state index < -0.39 is 0 Å². The van der Waals surface area contributed by atoms with Gasteiger partial charge in [0.05, 0.1) is 0 Å². The minimum absolute atomic E-state index is 0.259. The van der Waals surface area contributed by atoms with Crippen molar-refractivity contribution in [2.24, 2.45) is 0 Å². The highest BCUT2D eigenvalue weighted by Gasteiger charge is 2.13. The Hall–Kier alpha value is -1.93. The molecule has 1 heterocycles. The highest BCUT2D eigenvalue weighted by Crippen LogP contribution is 2.37. The van der Waals surface area contributed by atoms with Gasteiger partial charge in [0.25, 0.3) is 0 Å². The molecule has 90 valence electrons. The zero-order chi connectivity index (χ0) is 12.7. The normalized spacial score (nSPS) is 11.0. The van der Waals surface area contributed by atoms with E-state index in [9.17, 15) is 5.11 Å². The lowest BCUT2D eigenvalue weighted by Gasteiger charge is -2.04. The first-order valence-electron chi connectivity index (χ1n) is 5.73. The smallest absolute Gasteiger partial charge is 0.116 e. The van der Waals surface area contributed by atoms with Gasteiger partial charge in [-0.15, -0.1) is 0 Å². The number of aromatic nitrogens is 1. The summed E-state index contributed by atoms with van der Waals surface area (Å²) in [5.74, 6) is 0.259. The number of phenolic OH excluding ortho intramolecular Hbond substituents is 1. The Morgan fingerprint density at radius 3 is 2.67 bits per heavy atom. The first-order chi connectivity index (χ1) is 8.66. The van der Waals surface area contributed by atoms with Gasteiger partial charge < -0.3 is 10.1 Å². The number of halogens is 1. The van der Waals surface area contributed by atoms with Gasteiger partial charge in [0.2, 0.25) is 0 Å². The molecule has 18 heavy (non-hydrogen) atoms. The van der Waals surface area contributed by atoms with Crippen LogP contribution in [0.1, 0.15) is 5.69 Å².